The van der Waals surface area contributed by atoms with E-state index >= 15 is 0 Å². The first-order chi connectivity index (χ1) is 7.56. The highest BCUT2D eigenvalue weighted by atomic mass is 16.3. The number of likely N-dealkylation sites (N-methyl/N-ethyl adjacent to an activating group) is 1. The summed E-state index contributed by atoms with van der Waals surface area (Å²) in [6.07, 6.45) is 1.57. The molecule has 16 heavy (non-hydrogen) atoms. The van der Waals surface area contributed by atoms with Gasteiger partial charge >= 0.3 is 0 Å². The van der Waals surface area contributed by atoms with Gasteiger partial charge in [-0.3, -0.25) is 4.79 Å². The van der Waals surface area contributed by atoms with E-state index in [2.05, 4.69) is 0 Å². The van der Waals surface area contributed by atoms with Crippen LogP contribution in [0.25, 0.3) is 0 Å². The minimum Gasteiger partial charge on any atom is -0.508 e. The lowest BCUT2D eigenvalue weighted by Crippen LogP contribution is -2.41. The number of carbonyl (C=O) groups is 1. The van der Waals surface area contributed by atoms with E-state index in [0.29, 0.717) is 6.42 Å². The molecule has 0 spiro atoms. The van der Waals surface area contributed by atoms with Gasteiger partial charge in [0, 0.05) is 12.7 Å². The Morgan fingerprint density at radius 3 is 2.50 bits per heavy atom. The van der Waals surface area contributed by atoms with Crippen molar-refractivity contribution in [3.05, 3.63) is 24.3 Å². The second kappa shape index (κ2) is 5.51. The monoisotopic (exact) mass is 222 g/mol. The summed E-state index contributed by atoms with van der Waals surface area (Å²) < 4.78 is 0. The first-order valence-corrected chi connectivity index (χ1v) is 5.38. The molecule has 1 aromatic rings. The molecule has 1 unspecified atom stereocenters. The number of amides is 1. The van der Waals surface area contributed by atoms with Crippen molar-refractivity contribution in [2.24, 2.45) is 5.73 Å². The summed E-state index contributed by atoms with van der Waals surface area (Å²) in [6, 6.07) is 6.01. The quantitative estimate of drug-likeness (QED) is 0.811. The Kier molecular flexibility index (Phi) is 4.31. The van der Waals surface area contributed by atoms with Crippen LogP contribution in [0.4, 0.5) is 5.69 Å². The molecule has 1 aromatic carbocycles. The van der Waals surface area contributed by atoms with Crippen molar-refractivity contribution < 1.29 is 9.90 Å². The lowest BCUT2D eigenvalue weighted by Gasteiger charge is -2.21. The molecule has 0 saturated carbocycles. The summed E-state index contributed by atoms with van der Waals surface area (Å²) >= 11 is 0. The molecule has 0 fully saturated rings. The van der Waals surface area contributed by atoms with Crippen LogP contribution in [0.1, 0.15) is 19.8 Å². The Morgan fingerprint density at radius 1 is 1.44 bits per heavy atom. The van der Waals surface area contributed by atoms with Gasteiger partial charge in [-0.25, -0.2) is 0 Å². The molecule has 4 nitrogen and oxygen atoms in total. The number of nitrogens with zero attached hydrogens (tertiary/aromatic N) is 1. The van der Waals surface area contributed by atoms with E-state index in [1.165, 1.54) is 4.90 Å². The van der Waals surface area contributed by atoms with Gasteiger partial charge in [0.2, 0.25) is 5.91 Å². The molecule has 0 aliphatic heterocycles. The molecule has 1 atom stereocenters. The van der Waals surface area contributed by atoms with E-state index in [9.17, 15) is 4.79 Å². The maximum Gasteiger partial charge on any atom is 0.243 e. The van der Waals surface area contributed by atoms with Crippen LogP contribution in [0.2, 0.25) is 0 Å². The Morgan fingerprint density at radius 2 is 2.00 bits per heavy atom. The first-order valence-electron chi connectivity index (χ1n) is 5.38. The van der Waals surface area contributed by atoms with Crippen molar-refractivity contribution in [3.8, 4) is 5.75 Å². The largest absolute Gasteiger partial charge is 0.508 e. The van der Waals surface area contributed by atoms with E-state index < -0.39 is 6.04 Å². The molecule has 0 heterocycles. The maximum atomic E-state index is 11.9. The fourth-order valence-electron chi connectivity index (χ4n) is 1.49. The Hall–Kier alpha value is -1.55. The molecule has 0 radical (unpaired) electrons. The third kappa shape index (κ3) is 2.97. The van der Waals surface area contributed by atoms with E-state index in [1.807, 2.05) is 6.92 Å². The smallest absolute Gasteiger partial charge is 0.243 e. The Labute approximate surface area is 95.7 Å². The highest BCUT2D eigenvalue weighted by molar-refractivity contribution is 5.96. The third-order valence-corrected chi connectivity index (χ3v) is 2.48. The number of hydrogen-bond acceptors (Lipinski definition) is 3. The van der Waals surface area contributed by atoms with Gasteiger partial charge in [0.05, 0.1) is 6.04 Å². The normalized spacial score (nSPS) is 12.2. The molecular weight excluding hydrogens is 204 g/mol. The molecular formula is C12H18N2O2. The number of benzene rings is 1. The summed E-state index contributed by atoms with van der Waals surface area (Å²) in [4.78, 5) is 13.4. The molecule has 1 rings (SSSR count). The zero-order valence-electron chi connectivity index (χ0n) is 9.68. The number of aromatic hydroxyl groups is 1. The van der Waals surface area contributed by atoms with Crippen LogP contribution in [-0.2, 0) is 4.79 Å². The summed E-state index contributed by atoms with van der Waals surface area (Å²) in [6.45, 7) is 1.99. The van der Waals surface area contributed by atoms with Crippen molar-refractivity contribution >= 4 is 11.6 Å². The Balaban J connectivity index is 2.73. The topological polar surface area (TPSA) is 66.6 Å². The summed E-state index contributed by atoms with van der Waals surface area (Å²) in [5, 5.41) is 9.14. The average Bonchev–Trinajstić information content (AvgIpc) is 2.28. The molecule has 0 aliphatic rings. The van der Waals surface area contributed by atoms with Gasteiger partial charge in [0.25, 0.3) is 0 Å². The van der Waals surface area contributed by atoms with Gasteiger partial charge in [-0.15, -0.1) is 0 Å². The van der Waals surface area contributed by atoms with E-state index in [4.69, 9.17) is 10.8 Å². The van der Waals surface area contributed by atoms with Gasteiger partial charge < -0.3 is 15.7 Å². The second-order valence-corrected chi connectivity index (χ2v) is 3.81. The Bertz CT molecular complexity index is 349. The fraction of sp³-hybridized carbons (Fsp3) is 0.417. The maximum absolute atomic E-state index is 11.9. The number of rotatable bonds is 4. The van der Waals surface area contributed by atoms with E-state index in [1.54, 1.807) is 31.3 Å². The molecule has 4 heteroatoms. The SMILES string of the molecule is CCCC(N)C(=O)N(C)c1ccc(O)cc1. The van der Waals surface area contributed by atoms with Gasteiger partial charge in [-0.2, -0.15) is 0 Å². The number of phenols is 1. The van der Waals surface area contributed by atoms with Crippen molar-refractivity contribution in [2.75, 3.05) is 11.9 Å². The van der Waals surface area contributed by atoms with Gasteiger partial charge in [-0.1, -0.05) is 13.3 Å². The molecule has 0 saturated heterocycles. The van der Waals surface area contributed by atoms with Gasteiger partial charge in [0.15, 0.2) is 0 Å². The summed E-state index contributed by atoms with van der Waals surface area (Å²) in [5.74, 6) is 0.0787. The molecule has 0 bridgehead atoms. The highest BCUT2D eigenvalue weighted by Crippen LogP contribution is 2.18. The van der Waals surface area contributed by atoms with Crippen LogP contribution in [0.3, 0.4) is 0 Å². The minimum absolute atomic E-state index is 0.104. The minimum atomic E-state index is -0.455. The van der Waals surface area contributed by atoms with Crippen molar-refractivity contribution in [3.63, 3.8) is 0 Å². The van der Waals surface area contributed by atoms with Crippen LogP contribution in [0.5, 0.6) is 5.75 Å². The number of anilines is 1. The molecule has 1 amide bonds. The lowest BCUT2D eigenvalue weighted by atomic mass is 10.1. The molecule has 0 aromatic heterocycles. The summed E-state index contributed by atoms with van der Waals surface area (Å²) in [5.41, 5.74) is 6.49. The van der Waals surface area contributed by atoms with Gasteiger partial charge in [0.1, 0.15) is 5.75 Å². The predicted molar refractivity (Wildman–Crippen MR) is 64.4 cm³/mol. The predicted octanol–water partition coefficient (Wildman–Crippen LogP) is 1.48. The third-order valence-electron chi connectivity index (χ3n) is 2.48. The fourth-order valence-corrected chi connectivity index (χ4v) is 1.49. The van der Waals surface area contributed by atoms with Crippen molar-refractivity contribution in [1.29, 1.82) is 0 Å². The average molecular weight is 222 g/mol. The zero-order valence-corrected chi connectivity index (χ0v) is 9.68. The number of phenolic OH excluding ortho intramolecular Hbond substituents is 1. The van der Waals surface area contributed by atoms with Crippen LogP contribution >= 0.6 is 0 Å². The zero-order chi connectivity index (χ0) is 12.1. The van der Waals surface area contributed by atoms with Crippen molar-refractivity contribution in [1.82, 2.24) is 0 Å². The molecule has 0 aliphatic carbocycles. The molecule has 3 N–H and O–H groups in total. The highest BCUT2D eigenvalue weighted by Gasteiger charge is 2.18. The number of carbonyl (C=O) groups excluding carboxylic acids is 1. The second-order valence-electron chi connectivity index (χ2n) is 3.81. The van der Waals surface area contributed by atoms with Gasteiger partial charge in [-0.05, 0) is 30.7 Å². The van der Waals surface area contributed by atoms with Crippen LogP contribution in [0, 0.1) is 0 Å². The van der Waals surface area contributed by atoms with Crippen molar-refractivity contribution in [2.45, 2.75) is 25.8 Å². The van der Waals surface area contributed by atoms with E-state index in [0.717, 1.165) is 12.1 Å². The van der Waals surface area contributed by atoms with Crippen LogP contribution in [-0.4, -0.2) is 24.1 Å². The lowest BCUT2D eigenvalue weighted by molar-refractivity contribution is -0.119. The standard InChI is InChI=1S/C12H18N2O2/c1-3-4-11(13)12(16)14(2)9-5-7-10(15)8-6-9/h5-8,11,15H,3-4,13H2,1-2H3. The number of nitrogens with two attached hydrogens (primary N) is 1. The van der Waals surface area contributed by atoms with Crippen LogP contribution < -0.4 is 10.6 Å². The van der Waals surface area contributed by atoms with Crippen LogP contribution in [0.15, 0.2) is 24.3 Å². The summed E-state index contributed by atoms with van der Waals surface area (Å²) in [7, 11) is 1.68. The first kappa shape index (κ1) is 12.5. The molecule has 88 valence electrons. The number of hydrogen-bond donors (Lipinski definition) is 2. The van der Waals surface area contributed by atoms with E-state index in [-0.39, 0.29) is 11.7 Å².